The van der Waals surface area contributed by atoms with Crippen molar-refractivity contribution in [2.45, 2.75) is 44.6 Å². The van der Waals surface area contributed by atoms with Crippen molar-refractivity contribution in [2.75, 3.05) is 5.32 Å². The molecular weight excluding hydrogens is 229 g/mol. The summed E-state index contributed by atoms with van der Waals surface area (Å²) in [6, 6.07) is 5.14. The molecule has 0 spiro atoms. The number of rotatable bonds is 2. The van der Waals surface area contributed by atoms with Crippen molar-refractivity contribution in [2.24, 2.45) is 0 Å². The number of hydrogen-bond donors (Lipinski definition) is 2. The predicted molar refractivity (Wildman–Crippen MR) is 71.2 cm³/mol. The van der Waals surface area contributed by atoms with Crippen LogP contribution in [-0.2, 0) is 0 Å². The van der Waals surface area contributed by atoms with E-state index in [1.54, 1.807) is 6.07 Å². The molecule has 96 valence electrons. The Labute approximate surface area is 106 Å². The van der Waals surface area contributed by atoms with Crippen LogP contribution in [0.15, 0.2) is 18.2 Å². The van der Waals surface area contributed by atoms with Gasteiger partial charge in [0.2, 0.25) is 5.95 Å². The lowest BCUT2D eigenvalue weighted by Crippen LogP contribution is -2.18. The average molecular weight is 247 g/mol. The fraction of sp³-hybridized carbons (Fsp3) is 0.500. The van der Waals surface area contributed by atoms with Crippen molar-refractivity contribution in [3.63, 3.8) is 0 Å². The fourth-order valence-corrected chi connectivity index (χ4v) is 2.67. The number of hydrogen-bond acceptors (Lipinski definition) is 2. The van der Waals surface area contributed by atoms with Gasteiger partial charge < -0.3 is 10.3 Å². The summed E-state index contributed by atoms with van der Waals surface area (Å²) in [4.78, 5) is 7.59. The molecule has 0 bridgehead atoms. The third-order valence-corrected chi connectivity index (χ3v) is 3.64. The maximum atomic E-state index is 13.1. The van der Waals surface area contributed by atoms with E-state index in [2.05, 4.69) is 15.3 Å². The second-order valence-corrected chi connectivity index (χ2v) is 5.08. The molecule has 1 aliphatic rings. The smallest absolute Gasteiger partial charge is 0.201 e. The molecule has 1 aliphatic carbocycles. The monoisotopic (exact) mass is 247 g/mol. The molecule has 0 aliphatic heterocycles. The lowest BCUT2D eigenvalue weighted by Gasteiger charge is -2.14. The van der Waals surface area contributed by atoms with Gasteiger partial charge in [0.25, 0.3) is 0 Å². The Balaban J connectivity index is 1.77. The van der Waals surface area contributed by atoms with E-state index >= 15 is 0 Å². The zero-order chi connectivity index (χ0) is 12.4. The number of aromatic nitrogens is 2. The van der Waals surface area contributed by atoms with Crippen LogP contribution >= 0.6 is 0 Å². The summed E-state index contributed by atoms with van der Waals surface area (Å²) in [5, 5.41) is 3.44. The van der Waals surface area contributed by atoms with Gasteiger partial charge in [-0.25, -0.2) is 9.37 Å². The Morgan fingerprint density at radius 2 is 1.94 bits per heavy atom. The van der Waals surface area contributed by atoms with Gasteiger partial charge in [0, 0.05) is 6.04 Å². The second-order valence-electron chi connectivity index (χ2n) is 5.08. The molecule has 0 atom stereocenters. The zero-order valence-electron chi connectivity index (χ0n) is 10.4. The van der Waals surface area contributed by atoms with E-state index in [-0.39, 0.29) is 5.82 Å². The van der Waals surface area contributed by atoms with Crippen LogP contribution < -0.4 is 5.32 Å². The topological polar surface area (TPSA) is 40.7 Å². The highest BCUT2D eigenvalue weighted by Gasteiger charge is 2.13. The summed E-state index contributed by atoms with van der Waals surface area (Å²) in [6.45, 7) is 0. The highest BCUT2D eigenvalue weighted by Crippen LogP contribution is 2.21. The lowest BCUT2D eigenvalue weighted by atomic mass is 10.1. The number of nitrogens with zero attached hydrogens (tertiary/aromatic N) is 1. The second kappa shape index (κ2) is 4.96. The molecule has 0 saturated heterocycles. The number of imidazole rings is 1. The molecule has 4 heteroatoms. The van der Waals surface area contributed by atoms with Crippen molar-refractivity contribution in [1.82, 2.24) is 9.97 Å². The number of anilines is 1. The van der Waals surface area contributed by atoms with E-state index in [4.69, 9.17) is 0 Å². The van der Waals surface area contributed by atoms with Crippen molar-refractivity contribution in [3.8, 4) is 0 Å². The zero-order valence-corrected chi connectivity index (χ0v) is 10.4. The van der Waals surface area contributed by atoms with E-state index in [0.29, 0.717) is 6.04 Å². The van der Waals surface area contributed by atoms with Gasteiger partial charge in [0.05, 0.1) is 11.0 Å². The van der Waals surface area contributed by atoms with Gasteiger partial charge in [-0.2, -0.15) is 0 Å². The minimum absolute atomic E-state index is 0.229. The molecule has 18 heavy (non-hydrogen) atoms. The number of fused-ring (bicyclic) bond motifs is 1. The van der Waals surface area contributed by atoms with E-state index in [0.717, 1.165) is 17.0 Å². The Bertz CT molecular complexity index is 527. The SMILES string of the molecule is Fc1ccc2nc(NC3CCCCCC3)[nH]c2c1. The van der Waals surface area contributed by atoms with Crippen LogP contribution in [-0.4, -0.2) is 16.0 Å². The van der Waals surface area contributed by atoms with Gasteiger partial charge in [-0.15, -0.1) is 0 Å². The van der Waals surface area contributed by atoms with Crippen molar-refractivity contribution in [1.29, 1.82) is 0 Å². The van der Waals surface area contributed by atoms with Crippen molar-refractivity contribution in [3.05, 3.63) is 24.0 Å². The molecule has 3 nitrogen and oxygen atoms in total. The number of aromatic amines is 1. The standard InChI is InChI=1S/C14H18FN3/c15-10-7-8-12-13(9-10)18-14(17-12)16-11-5-3-1-2-4-6-11/h7-9,11H,1-6H2,(H2,16,17,18). The summed E-state index contributed by atoms with van der Waals surface area (Å²) < 4.78 is 13.1. The van der Waals surface area contributed by atoms with Crippen LogP contribution in [0, 0.1) is 5.82 Å². The largest absolute Gasteiger partial charge is 0.353 e. The Kier molecular flexibility index (Phi) is 3.17. The maximum absolute atomic E-state index is 13.1. The van der Waals surface area contributed by atoms with Gasteiger partial charge in [-0.3, -0.25) is 0 Å². The number of H-pyrrole nitrogens is 1. The number of benzene rings is 1. The minimum Gasteiger partial charge on any atom is -0.353 e. The van der Waals surface area contributed by atoms with Gasteiger partial charge in [-0.05, 0) is 31.0 Å². The Morgan fingerprint density at radius 1 is 1.17 bits per heavy atom. The molecule has 1 saturated carbocycles. The third-order valence-electron chi connectivity index (χ3n) is 3.64. The Hall–Kier alpha value is -1.58. The van der Waals surface area contributed by atoms with Crippen molar-refractivity contribution < 1.29 is 4.39 Å². The highest BCUT2D eigenvalue weighted by atomic mass is 19.1. The molecule has 3 rings (SSSR count). The number of nitrogens with one attached hydrogen (secondary N) is 2. The summed E-state index contributed by atoms with van der Waals surface area (Å²) in [5.41, 5.74) is 1.57. The van der Waals surface area contributed by atoms with E-state index in [9.17, 15) is 4.39 Å². The van der Waals surface area contributed by atoms with E-state index < -0.39 is 0 Å². The highest BCUT2D eigenvalue weighted by molar-refractivity contribution is 5.77. The summed E-state index contributed by atoms with van der Waals surface area (Å²) >= 11 is 0. The summed E-state index contributed by atoms with van der Waals surface area (Å²) in [7, 11) is 0. The molecule has 0 radical (unpaired) electrons. The molecule has 1 aromatic heterocycles. The molecule has 0 amide bonds. The first kappa shape index (κ1) is 11.5. The van der Waals surface area contributed by atoms with Crippen molar-refractivity contribution >= 4 is 17.0 Å². The van der Waals surface area contributed by atoms with Crippen LogP contribution in [0.3, 0.4) is 0 Å². The first-order valence-electron chi connectivity index (χ1n) is 6.73. The average Bonchev–Trinajstić information content (AvgIpc) is 2.57. The Morgan fingerprint density at radius 3 is 2.72 bits per heavy atom. The predicted octanol–water partition coefficient (Wildman–Crippen LogP) is 3.84. The minimum atomic E-state index is -0.229. The first-order valence-corrected chi connectivity index (χ1v) is 6.73. The maximum Gasteiger partial charge on any atom is 0.201 e. The molecule has 1 aromatic carbocycles. The normalized spacial score (nSPS) is 17.8. The van der Waals surface area contributed by atoms with Gasteiger partial charge in [0.15, 0.2) is 0 Å². The van der Waals surface area contributed by atoms with Crippen LogP contribution in [0.2, 0.25) is 0 Å². The van der Waals surface area contributed by atoms with Gasteiger partial charge >= 0.3 is 0 Å². The van der Waals surface area contributed by atoms with Crippen LogP contribution in [0.5, 0.6) is 0 Å². The van der Waals surface area contributed by atoms with Crippen LogP contribution in [0.1, 0.15) is 38.5 Å². The summed E-state index contributed by atoms with van der Waals surface area (Å²) in [6.07, 6.45) is 7.64. The van der Waals surface area contributed by atoms with Gasteiger partial charge in [0.1, 0.15) is 5.82 Å². The molecule has 2 aromatic rings. The van der Waals surface area contributed by atoms with E-state index in [1.807, 2.05) is 0 Å². The lowest BCUT2D eigenvalue weighted by molar-refractivity contribution is 0.616. The number of halogens is 1. The summed E-state index contributed by atoms with van der Waals surface area (Å²) in [5.74, 6) is 0.537. The molecule has 0 unspecified atom stereocenters. The first-order chi connectivity index (χ1) is 8.81. The molecule has 1 heterocycles. The van der Waals surface area contributed by atoms with Gasteiger partial charge in [-0.1, -0.05) is 25.7 Å². The molecule has 1 fully saturated rings. The van der Waals surface area contributed by atoms with Crippen LogP contribution in [0.25, 0.3) is 11.0 Å². The van der Waals surface area contributed by atoms with Crippen LogP contribution in [0.4, 0.5) is 10.3 Å². The van der Waals surface area contributed by atoms with E-state index in [1.165, 1.54) is 50.7 Å². The molecular formula is C14H18FN3. The fourth-order valence-electron chi connectivity index (χ4n) is 2.67. The third kappa shape index (κ3) is 2.47. The molecule has 2 N–H and O–H groups in total. The quantitative estimate of drug-likeness (QED) is 0.792.